The number of likely N-dealkylation sites (tertiary alicyclic amines) is 1. The van der Waals surface area contributed by atoms with E-state index in [4.69, 9.17) is 5.11 Å². The van der Waals surface area contributed by atoms with Crippen LogP contribution in [0.3, 0.4) is 0 Å². The van der Waals surface area contributed by atoms with Crippen molar-refractivity contribution in [3.05, 3.63) is 35.4 Å². The van der Waals surface area contributed by atoms with Gasteiger partial charge in [0.1, 0.15) is 0 Å². The van der Waals surface area contributed by atoms with Gasteiger partial charge in [0, 0.05) is 24.4 Å². The van der Waals surface area contributed by atoms with Gasteiger partial charge in [-0.2, -0.15) is 11.8 Å². The predicted octanol–water partition coefficient (Wildman–Crippen LogP) is 3.27. The van der Waals surface area contributed by atoms with Crippen LogP contribution in [0.5, 0.6) is 0 Å². The average Bonchev–Trinajstić information content (AvgIpc) is 3.27. The summed E-state index contributed by atoms with van der Waals surface area (Å²) in [6, 6.07) is 7.89. The molecule has 1 N–H and O–H groups in total. The summed E-state index contributed by atoms with van der Waals surface area (Å²) in [5.41, 5.74) is 1.95. The van der Waals surface area contributed by atoms with E-state index in [2.05, 4.69) is 6.92 Å². The molecule has 5 heteroatoms. The van der Waals surface area contributed by atoms with Gasteiger partial charge in [0.25, 0.3) is 5.91 Å². The van der Waals surface area contributed by atoms with Crippen LogP contribution in [-0.2, 0) is 10.5 Å². The van der Waals surface area contributed by atoms with Gasteiger partial charge in [0.15, 0.2) is 0 Å². The van der Waals surface area contributed by atoms with Crippen molar-refractivity contribution in [2.75, 3.05) is 18.8 Å². The maximum atomic E-state index is 12.6. The van der Waals surface area contributed by atoms with Gasteiger partial charge < -0.3 is 10.0 Å². The molecule has 0 bridgehead atoms. The summed E-state index contributed by atoms with van der Waals surface area (Å²) in [7, 11) is 0. The number of aliphatic carboxylic acids is 1. The number of amides is 1. The number of piperidine rings is 1. The van der Waals surface area contributed by atoms with E-state index >= 15 is 0 Å². The second kappa shape index (κ2) is 6.56. The Morgan fingerprint density at radius 2 is 1.91 bits per heavy atom. The molecule has 1 atom stereocenters. The lowest BCUT2D eigenvalue weighted by atomic mass is 9.90. The van der Waals surface area contributed by atoms with E-state index in [0.717, 1.165) is 36.3 Å². The minimum absolute atomic E-state index is 0.0240. The van der Waals surface area contributed by atoms with Gasteiger partial charge in [-0.25, -0.2) is 0 Å². The summed E-state index contributed by atoms with van der Waals surface area (Å²) in [6.45, 7) is 3.49. The third kappa shape index (κ3) is 3.39. The molecule has 2 fully saturated rings. The monoisotopic (exact) mass is 333 g/mol. The number of carbonyl (C=O) groups is 2. The molecule has 1 spiro atoms. The Kier molecular flexibility index (Phi) is 4.67. The minimum Gasteiger partial charge on any atom is -0.481 e. The number of hydrogen-bond donors (Lipinski definition) is 1. The molecular formula is C18H23NO3S. The molecule has 1 aromatic rings. The van der Waals surface area contributed by atoms with E-state index in [9.17, 15) is 9.59 Å². The van der Waals surface area contributed by atoms with Crippen molar-refractivity contribution in [3.8, 4) is 0 Å². The van der Waals surface area contributed by atoms with Gasteiger partial charge in [-0.1, -0.05) is 19.1 Å². The molecule has 1 saturated heterocycles. The summed E-state index contributed by atoms with van der Waals surface area (Å²) in [6.07, 6.45) is 2.43. The van der Waals surface area contributed by atoms with Crippen molar-refractivity contribution in [2.45, 2.75) is 31.9 Å². The number of rotatable bonds is 5. The topological polar surface area (TPSA) is 57.6 Å². The lowest BCUT2D eigenvalue weighted by Gasteiger charge is -2.32. The molecule has 3 rings (SSSR count). The molecule has 0 radical (unpaired) electrons. The quantitative estimate of drug-likeness (QED) is 0.898. The van der Waals surface area contributed by atoms with Crippen molar-refractivity contribution >= 4 is 23.6 Å². The van der Waals surface area contributed by atoms with Crippen LogP contribution >= 0.6 is 11.8 Å². The fraction of sp³-hybridized carbons (Fsp3) is 0.556. The van der Waals surface area contributed by atoms with Crippen molar-refractivity contribution in [2.24, 2.45) is 11.3 Å². The average molecular weight is 333 g/mol. The lowest BCUT2D eigenvalue weighted by molar-refractivity contribution is -0.139. The SMILES string of the molecule is CCSCc1ccc(C(=O)N2CCC3(CC2)CC3C(=O)O)cc1. The standard InChI is InChI=1S/C18H23NO3S/c1-2-23-12-13-3-5-14(6-4-13)16(20)19-9-7-18(8-10-19)11-15(18)17(21)22/h3-6,15H,2,7-12H2,1H3,(H,21,22). The predicted molar refractivity (Wildman–Crippen MR) is 91.6 cm³/mol. The van der Waals surface area contributed by atoms with E-state index < -0.39 is 5.97 Å². The van der Waals surface area contributed by atoms with Gasteiger partial charge in [-0.15, -0.1) is 0 Å². The maximum Gasteiger partial charge on any atom is 0.307 e. The smallest absolute Gasteiger partial charge is 0.307 e. The molecule has 1 unspecified atom stereocenters. The van der Waals surface area contributed by atoms with Crippen LogP contribution in [0.15, 0.2) is 24.3 Å². The molecule has 1 aromatic carbocycles. The van der Waals surface area contributed by atoms with Gasteiger partial charge in [-0.3, -0.25) is 9.59 Å². The van der Waals surface area contributed by atoms with Crippen molar-refractivity contribution < 1.29 is 14.7 Å². The highest BCUT2D eigenvalue weighted by Gasteiger charge is 2.59. The number of carbonyl (C=O) groups excluding carboxylic acids is 1. The van der Waals surface area contributed by atoms with Crippen LogP contribution in [0.4, 0.5) is 0 Å². The van der Waals surface area contributed by atoms with Crippen LogP contribution in [0, 0.1) is 11.3 Å². The fourth-order valence-electron chi connectivity index (χ4n) is 3.55. The first kappa shape index (κ1) is 16.4. The highest BCUT2D eigenvalue weighted by atomic mass is 32.2. The highest BCUT2D eigenvalue weighted by molar-refractivity contribution is 7.98. The zero-order valence-electron chi connectivity index (χ0n) is 13.5. The van der Waals surface area contributed by atoms with Crippen LogP contribution in [0.2, 0.25) is 0 Å². The largest absolute Gasteiger partial charge is 0.481 e. The first-order valence-electron chi connectivity index (χ1n) is 8.24. The van der Waals surface area contributed by atoms with Crippen LogP contribution in [0.25, 0.3) is 0 Å². The van der Waals surface area contributed by atoms with Gasteiger partial charge in [-0.05, 0) is 48.1 Å². The number of thioether (sulfide) groups is 1. The Hall–Kier alpha value is -1.49. The highest BCUT2D eigenvalue weighted by Crippen LogP contribution is 2.59. The van der Waals surface area contributed by atoms with Crippen LogP contribution < -0.4 is 0 Å². The summed E-state index contributed by atoms with van der Waals surface area (Å²) in [5.74, 6) is 1.28. The first-order chi connectivity index (χ1) is 11.1. The summed E-state index contributed by atoms with van der Waals surface area (Å²) >= 11 is 1.87. The normalized spacial score (nSPS) is 22.1. The molecule has 2 aliphatic rings. The van der Waals surface area contributed by atoms with Gasteiger partial charge in [0.2, 0.25) is 0 Å². The summed E-state index contributed by atoms with van der Waals surface area (Å²) in [5, 5.41) is 9.13. The third-order valence-corrected chi connectivity index (χ3v) is 6.15. The van der Waals surface area contributed by atoms with Crippen molar-refractivity contribution in [1.29, 1.82) is 0 Å². The Morgan fingerprint density at radius 1 is 1.26 bits per heavy atom. The number of hydrogen-bond acceptors (Lipinski definition) is 3. The number of nitrogens with zero attached hydrogens (tertiary/aromatic N) is 1. The fourth-order valence-corrected chi connectivity index (χ4v) is 4.18. The Bertz CT molecular complexity index is 591. The molecule has 0 aromatic heterocycles. The zero-order valence-corrected chi connectivity index (χ0v) is 14.3. The lowest BCUT2D eigenvalue weighted by Crippen LogP contribution is -2.40. The van der Waals surface area contributed by atoms with E-state index in [0.29, 0.717) is 13.1 Å². The molecule has 1 aliphatic carbocycles. The molecule has 1 heterocycles. The summed E-state index contributed by atoms with van der Waals surface area (Å²) < 4.78 is 0. The van der Waals surface area contributed by atoms with Crippen LogP contribution in [0.1, 0.15) is 42.1 Å². The van der Waals surface area contributed by atoms with E-state index in [-0.39, 0.29) is 17.2 Å². The van der Waals surface area contributed by atoms with Crippen LogP contribution in [-0.4, -0.2) is 40.7 Å². The number of carboxylic acid groups (broad SMARTS) is 1. The van der Waals surface area contributed by atoms with Crippen molar-refractivity contribution in [1.82, 2.24) is 4.90 Å². The Morgan fingerprint density at radius 3 is 2.43 bits per heavy atom. The van der Waals surface area contributed by atoms with E-state index in [1.165, 1.54) is 5.56 Å². The Balaban J connectivity index is 1.56. The molecular weight excluding hydrogens is 310 g/mol. The molecule has 4 nitrogen and oxygen atoms in total. The molecule has 1 aliphatic heterocycles. The second-order valence-corrected chi connectivity index (χ2v) is 7.86. The van der Waals surface area contributed by atoms with E-state index in [1.807, 2.05) is 40.9 Å². The molecule has 1 amide bonds. The van der Waals surface area contributed by atoms with E-state index in [1.54, 1.807) is 0 Å². The minimum atomic E-state index is -0.676. The Labute approximate surface area is 141 Å². The number of carboxylic acids is 1. The zero-order chi connectivity index (χ0) is 16.4. The maximum absolute atomic E-state index is 12.6. The summed E-state index contributed by atoms with van der Waals surface area (Å²) in [4.78, 5) is 25.5. The third-order valence-electron chi connectivity index (χ3n) is 5.21. The first-order valence-corrected chi connectivity index (χ1v) is 9.40. The molecule has 23 heavy (non-hydrogen) atoms. The second-order valence-electron chi connectivity index (χ2n) is 6.58. The molecule has 1 saturated carbocycles. The number of benzene rings is 1. The van der Waals surface area contributed by atoms with Crippen molar-refractivity contribution in [3.63, 3.8) is 0 Å². The van der Waals surface area contributed by atoms with Gasteiger partial charge >= 0.3 is 5.97 Å². The molecule has 124 valence electrons. The van der Waals surface area contributed by atoms with Gasteiger partial charge in [0.05, 0.1) is 5.92 Å².